The molecule has 8 nitrogen and oxygen atoms in total. The number of hydrogen-bond donors (Lipinski definition) is 4. The smallest absolute Gasteiger partial charge is 0.207 e. The first-order valence-electron chi connectivity index (χ1n) is 9.48. The van der Waals surface area contributed by atoms with Gasteiger partial charge in [0.25, 0.3) is 0 Å². The lowest BCUT2D eigenvalue weighted by molar-refractivity contribution is -0.0631. The molecule has 1 aliphatic rings. The van der Waals surface area contributed by atoms with E-state index >= 15 is 0 Å². The van der Waals surface area contributed by atoms with Crippen molar-refractivity contribution in [3.05, 3.63) is 59.7 Å². The molecule has 0 amide bonds. The minimum atomic E-state index is -4.60. The van der Waals surface area contributed by atoms with Crippen LogP contribution in [0.25, 0.3) is 0 Å². The Labute approximate surface area is 181 Å². The molecular weight excluding hydrogens is 444 g/mol. The van der Waals surface area contributed by atoms with Crippen molar-refractivity contribution in [1.29, 1.82) is 0 Å². The molecule has 0 aromatic heterocycles. The van der Waals surface area contributed by atoms with E-state index in [2.05, 4.69) is 0 Å². The van der Waals surface area contributed by atoms with Gasteiger partial charge in [-0.05, 0) is 38.1 Å². The van der Waals surface area contributed by atoms with Crippen LogP contribution in [-0.2, 0) is 19.7 Å². The molecule has 3 rings (SSSR count). The van der Waals surface area contributed by atoms with Crippen LogP contribution < -0.4 is 0 Å². The fraction of sp³-hybridized carbons (Fsp3) is 0.429. The van der Waals surface area contributed by atoms with Crippen LogP contribution in [0.15, 0.2) is 58.3 Å². The molecule has 0 spiro atoms. The molecule has 10 heteroatoms. The van der Waals surface area contributed by atoms with Crippen molar-refractivity contribution < 1.29 is 37.3 Å². The predicted octanol–water partition coefficient (Wildman–Crippen LogP) is 0.690. The van der Waals surface area contributed by atoms with E-state index in [-0.39, 0.29) is 9.79 Å². The molecule has 0 radical (unpaired) electrons. The Hall–Kier alpha value is -1.82. The van der Waals surface area contributed by atoms with Gasteiger partial charge in [0.05, 0.1) is 9.79 Å². The van der Waals surface area contributed by atoms with Gasteiger partial charge in [-0.1, -0.05) is 49.2 Å². The number of aryl methyl sites for hydroxylation is 2. The van der Waals surface area contributed by atoms with Crippen molar-refractivity contribution in [3.8, 4) is 0 Å². The normalized spacial score (nSPS) is 27.5. The molecule has 2 unspecified atom stereocenters. The number of aliphatic hydroxyl groups is 4. The van der Waals surface area contributed by atoms with Gasteiger partial charge in [-0.3, -0.25) is 0 Å². The predicted molar refractivity (Wildman–Crippen MR) is 112 cm³/mol. The van der Waals surface area contributed by atoms with Crippen LogP contribution in [-0.4, -0.2) is 59.3 Å². The van der Waals surface area contributed by atoms with E-state index in [1.165, 1.54) is 62.4 Å². The SMILES string of the molecule is Cc1ccc(S(=O)(=O)C(O)[C@]2(O)C(C)(C)[C@@]2(O)C(O)S(=O)(=O)c2ccc(C)cc2)cc1. The van der Waals surface area contributed by atoms with Crippen LogP contribution in [0.5, 0.6) is 0 Å². The lowest BCUT2D eigenvalue weighted by atomic mass is 10.1. The summed E-state index contributed by atoms with van der Waals surface area (Å²) in [7, 11) is -9.21. The Morgan fingerprint density at radius 2 is 0.903 bits per heavy atom. The number of benzene rings is 2. The fourth-order valence-electron chi connectivity index (χ4n) is 4.05. The largest absolute Gasteiger partial charge is 0.382 e. The summed E-state index contributed by atoms with van der Waals surface area (Å²) in [6.45, 7) is 5.81. The standard InChI is InChI=1S/C21H26O8S2/c1-13-5-9-15(10-6-13)30(26,27)17(22)20(24)19(3,4)21(20,25)18(23)31(28,29)16-11-7-14(2)8-12-16/h5-12,17-18,22-25H,1-4H3/t17?,18?,20-,21-/m0/s1. The third kappa shape index (κ3) is 3.08. The van der Waals surface area contributed by atoms with Gasteiger partial charge in [0.2, 0.25) is 19.7 Å². The monoisotopic (exact) mass is 470 g/mol. The maximum atomic E-state index is 12.9. The van der Waals surface area contributed by atoms with E-state index < -0.39 is 47.2 Å². The zero-order valence-corrected chi connectivity index (χ0v) is 19.1. The first-order valence-corrected chi connectivity index (χ1v) is 12.6. The summed E-state index contributed by atoms with van der Waals surface area (Å²) in [5, 5.41) is 43.6. The number of sulfone groups is 2. The maximum Gasteiger partial charge on any atom is 0.207 e. The second kappa shape index (κ2) is 7.09. The Kier molecular flexibility index (Phi) is 5.45. The van der Waals surface area contributed by atoms with Gasteiger partial charge in [0, 0.05) is 5.41 Å². The first kappa shape index (κ1) is 23.8. The van der Waals surface area contributed by atoms with Crippen molar-refractivity contribution in [1.82, 2.24) is 0 Å². The van der Waals surface area contributed by atoms with Crippen LogP contribution in [0.1, 0.15) is 25.0 Å². The highest BCUT2D eigenvalue weighted by Gasteiger charge is 2.91. The van der Waals surface area contributed by atoms with Gasteiger partial charge in [-0.15, -0.1) is 0 Å². The molecule has 170 valence electrons. The molecule has 4 N–H and O–H groups in total. The van der Waals surface area contributed by atoms with Gasteiger partial charge < -0.3 is 20.4 Å². The third-order valence-electron chi connectivity index (χ3n) is 6.43. The molecular formula is C21H26O8S2. The molecule has 31 heavy (non-hydrogen) atoms. The summed E-state index contributed by atoms with van der Waals surface area (Å²) in [6, 6.07) is 10.9. The first-order chi connectivity index (χ1) is 14.1. The molecule has 0 heterocycles. The highest BCUT2D eigenvalue weighted by atomic mass is 32.2. The van der Waals surface area contributed by atoms with Crippen molar-refractivity contribution in [2.75, 3.05) is 0 Å². The highest BCUT2D eigenvalue weighted by Crippen LogP contribution is 2.69. The van der Waals surface area contributed by atoms with E-state index in [1.54, 1.807) is 13.8 Å². The zero-order valence-electron chi connectivity index (χ0n) is 17.5. The van der Waals surface area contributed by atoms with E-state index in [9.17, 15) is 37.3 Å². The zero-order chi connectivity index (χ0) is 23.6. The quantitative estimate of drug-likeness (QED) is 0.482. The topological polar surface area (TPSA) is 149 Å². The molecule has 1 aliphatic carbocycles. The Bertz CT molecular complexity index is 1110. The van der Waals surface area contributed by atoms with Crippen molar-refractivity contribution in [2.45, 2.75) is 59.6 Å². The van der Waals surface area contributed by atoms with Crippen molar-refractivity contribution >= 4 is 19.7 Å². The second-order valence-electron chi connectivity index (χ2n) is 8.58. The summed E-state index contributed by atoms with van der Waals surface area (Å²) >= 11 is 0. The van der Waals surface area contributed by atoms with Crippen LogP contribution in [0.3, 0.4) is 0 Å². The number of rotatable bonds is 6. The molecule has 1 saturated carbocycles. The Morgan fingerprint density at radius 3 is 1.16 bits per heavy atom. The minimum Gasteiger partial charge on any atom is -0.382 e. The lowest BCUT2D eigenvalue weighted by Crippen LogP contribution is -2.49. The number of aliphatic hydroxyl groups excluding tert-OH is 2. The summed E-state index contributed by atoms with van der Waals surface area (Å²) in [5.41, 5.74) is -11.3. The molecule has 1 fully saturated rings. The summed E-state index contributed by atoms with van der Waals surface area (Å²) in [6.07, 6.45) is 0. The van der Waals surface area contributed by atoms with Crippen molar-refractivity contribution in [3.63, 3.8) is 0 Å². The number of hydrogen-bond acceptors (Lipinski definition) is 8. The van der Waals surface area contributed by atoms with E-state index in [4.69, 9.17) is 0 Å². The molecule has 0 aliphatic heterocycles. The van der Waals surface area contributed by atoms with Crippen LogP contribution >= 0.6 is 0 Å². The average Bonchev–Trinajstić information content (AvgIpc) is 3.07. The highest BCUT2D eigenvalue weighted by molar-refractivity contribution is 7.92. The van der Waals surface area contributed by atoms with Crippen LogP contribution in [0.4, 0.5) is 0 Å². The lowest BCUT2D eigenvalue weighted by Gasteiger charge is -2.25. The third-order valence-corrected chi connectivity index (χ3v) is 10.1. The van der Waals surface area contributed by atoms with Gasteiger partial charge in [0.1, 0.15) is 11.2 Å². The molecule has 2 aromatic carbocycles. The Morgan fingerprint density at radius 1 is 0.645 bits per heavy atom. The van der Waals surface area contributed by atoms with Gasteiger partial charge >= 0.3 is 0 Å². The van der Waals surface area contributed by atoms with Gasteiger partial charge in [-0.25, -0.2) is 16.8 Å². The van der Waals surface area contributed by atoms with Crippen LogP contribution in [0.2, 0.25) is 0 Å². The molecule has 2 aromatic rings. The van der Waals surface area contributed by atoms with Gasteiger partial charge in [-0.2, -0.15) is 0 Å². The summed E-state index contributed by atoms with van der Waals surface area (Å²) < 4.78 is 51.7. The van der Waals surface area contributed by atoms with Crippen molar-refractivity contribution in [2.24, 2.45) is 5.41 Å². The Balaban J connectivity index is 2.05. The van der Waals surface area contributed by atoms with E-state index in [0.29, 0.717) is 0 Å². The van der Waals surface area contributed by atoms with E-state index in [0.717, 1.165) is 11.1 Å². The molecule has 0 saturated heterocycles. The second-order valence-corrected chi connectivity index (χ2v) is 12.6. The minimum absolute atomic E-state index is 0.319. The average molecular weight is 471 g/mol. The molecule has 4 atom stereocenters. The van der Waals surface area contributed by atoms with Gasteiger partial charge in [0.15, 0.2) is 10.9 Å². The van der Waals surface area contributed by atoms with E-state index in [1.807, 2.05) is 0 Å². The van der Waals surface area contributed by atoms with Crippen LogP contribution in [0, 0.1) is 19.3 Å². The maximum absolute atomic E-state index is 12.9. The fourth-order valence-corrected chi connectivity index (χ4v) is 7.45. The summed E-state index contributed by atoms with van der Waals surface area (Å²) in [4.78, 5) is -0.639. The molecule has 0 bridgehead atoms. The summed E-state index contributed by atoms with van der Waals surface area (Å²) in [5.74, 6) is 0.